The Morgan fingerprint density at radius 2 is 0.873 bits per heavy atom. The number of anilines is 6. The Balaban J connectivity index is 1.06. The van der Waals surface area contributed by atoms with Crippen LogP contribution in [0.25, 0.3) is 43.8 Å². The molecule has 0 saturated carbocycles. The molecule has 0 bridgehead atoms. The van der Waals surface area contributed by atoms with Crippen LogP contribution in [0, 0.1) is 0 Å². The Hall–Kier alpha value is -6.90. The molecule has 0 N–H and O–H groups in total. The third-order valence-electron chi connectivity index (χ3n) is 11.4. The fourth-order valence-corrected chi connectivity index (χ4v) is 8.71. The summed E-state index contributed by atoms with van der Waals surface area (Å²) in [5.41, 5.74) is 14.5. The van der Waals surface area contributed by atoms with E-state index in [9.17, 15) is 0 Å². The van der Waals surface area contributed by atoms with E-state index in [1.165, 1.54) is 54.9 Å². The molecule has 262 valence electrons. The van der Waals surface area contributed by atoms with E-state index < -0.39 is 0 Å². The first-order chi connectivity index (χ1) is 27.0. The lowest BCUT2D eigenvalue weighted by Gasteiger charge is -2.28. The predicted molar refractivity (Wildman–Crippen MR) is 234 cm³/mol. The van der Waals surface area contributed by atoms with Crippen LogP contribution in [0.1, 0.15) is 25.0 Å². The molecule has 9 aromatic rings. The molecular formula is C53H40N2. The second-order valence-electron chi connectivity index (χ2n) is 15.0. The first-order valence-corrected chi connectivity index (χ1v) is 19.1. The lowest BCUT2D eigenvalue weighted by Crippen LogP contribution is -2.16. The molecule has 0 saturated heterocycles. The molecule has 0 aromatic heterocycles. The molecular weight excluding hydrogens is 665 g/mol. The summed E-state index contributed by atoms with van der Waals surface area (Å²) in [6.07, 6.45) is 0. The van der Waals surface area contributed by atoms with Crippen LogP contribution < -0.4 is 9.80 Å². The van der Waals surface area contributed by atoms with Crippen molar-refractivity contribution in [2.45, 2.75) is 19.3 Å². The van der Waals surface area contributed by atoms with Gasteiger partial charge in [0.05, 0.1) is 5.69 Å². The van der Waals surface area contributed by atoms with Crippen LogP contribution in [0.3, 0.4) is 0 Å². The van der Waals surface area contributed by atoms with E-state index in [1.807, 2.05) is 0 Å². The van der Waals surface area contributed by atoms with Gasteiger partial charge in [-0.25, -0.2) is 0 Å². The minimum Gasteiger partial charge on any atom is -0.310 e. The van der Waals surface area contributed by atoms with Gasteiger partial charge in [-0.15, -0.1) is 0 Å². The molecule has 2 heteroatoms. The van der Waals surface area contributed by atoms with E-state index in [4.69, 9.17) is 0 Å². The number of hydrogen-bond donors (Lipinski definition) is 0. The lowest BCUT2D eigenvalue weighted by molar-refractivity contribution is 0.660. The Morgan fingerprint density at radius 1 is 0.327 bits per heavy atom. The number of hydrogen-bond acceptors (Lipinski definition) is 2. The van der Waals surface area contributed by atoms with Gasteiger partial charge in [0, 0.05) is 39.2 Å². The highest BCUT2D eigenvalue weighted by atomic mass is 15.1. The molecule has 0 fully saturated rings. The zero-order valence-electron chi connectivity index (χ0n) is 31.0. The van der Waals surface area contributed by atoms with E-state index in [1.54, 1.807) is 0 Å². The third kappa shape index (κ3) is 5.57. The van der Waals surface area contributed by atoms with E-state index >= 15 is 0 Å². The molecule has 55 heavy (non-hydrogen) atoms. The SMILES string of the molecule is CC1(C)c2ccccc2-c2ccc(N(c3ccccc3)c3ccc(-c4cccc5c(N(c6ccccc6)c6ccc7ccccc7c6)cccc45)cc3)cc21. The molecule has 1 aliphatic carbocycles. The van der Waals surface area contributed by atoms with E-state index in [-0.39, 0.29) is 5.41 Å². The third-order valence-corrected chi connectivity index (χ3v) is 11.4. The van der Waals surface area contributed by atoms with Crippen molar-refractivity contribution in [1.82, 2.24) is 0 Å². The van der Waals surface area contributed by atoms with Crippen LogP contribution in [0.4, 0.5) is 34.1 Å². The van der Waals surface area contributed by atoms with Crippen molar-refractivity contribution in [3.8, 4) is 22.3 Å². The fourth-order valence-electron chi connectivity index (χ4n) is 8.71. The normalized spacial score (nSPS) is 12.7. The summed E-state index contributed by atoms with van der Waals surface area (Å²) >= 11 is 0. The highest BCUT2D eigenvalue weighted by Crippen LogP contribution is 2.51. The van der Waals surface area contributed by atoms with E-state index in [0.29, 0.717) is 0 Å². The molecule has 1 aliphatic rings. The monoisotopic (exact) mass is 704 g/mol. The molecule has 0 aliphatic heterocycles. The number of benzene rings is 9. The Morgan fingerprint density at radius 3 is 1.65 bits per heavy atom. The van der Waals surface area contributed by atoms with Crippen molar-refractivity contribution in [1.29, 1.82) is 0 Å². The first kappa shape index (κ1) is 32.7. The van der Waals surface area contributed by atoms with Crippen molar-refractivity contribution in [3.05, 3.63) is 217 Å². The highest BCUT2D eigenvalue weighted by molar-refractivity contribution is 6.06. The zero-order chi connectivity index (χ0) is 36.9. The highest BCUT2D eigenvalue weighted by Gasteiger charge is 2.35. The van der Waals surface area contributed by atoms with Crippen LogP contribution in [-0.2, 0) is 5.41 Å². The summed E-state index contributed by atoms with van der Waals surface area (Å²) in [6.45, 7) is 4.69. The minimum atomic E-state index is -0.0776. The lowest BCUT2D eigenvalue weighted by atomic mass is 9.82. The first-order valence-electron chi connectivity index (χ1n) is 19.1. The van der Waals surface area contributed by atoms with Gasteiger partial charge in [-0.3, -0.25) is 0 Å². The van der Waals surface area contributed by atoms with Gasteiger partial charge in [0.15, 0.2) is 0 Å². The van der Waals surface area contributed by atoms with Crippen LogP contribution >= 0.6 is 0 Å². The van der Waals surface area contributed by atoms with Crippen molar-refractivity contribution in [2.75, 3.05) is 9.80 Å². The number of para-hydroxylation sites is 2. The van der Waals surface area contributed by atoms with Gasteiger partial charge in [0.25, 0.3) is 0 Å². The van der Waals surface area contributed by atoms with Crippen molar-refractivity contribution in [3.63, 3.8) is 0 Å². The average molecular weight is 705 g/mol. The molecule has 0 atom stereocenters. The standard InChI is InChI=1S/C53H40N2/c1-53(2)50-25-12-11-21-47(50)48-34-33-44(36-51(48)53)54(40-17-5-3-6-18-40)42-30-28-38(29-31-42)45-22-13-24-49-46(45)23-14-26-52(49)55(41-19-7-4-8-20-41)43-32-27-37-15-9-10-16-39(37)35-43/h3-36H,1-2H3. The predicted octanol–water partition coefficient (Wildman–Crippen LogP) is 14.9. The van der Waals surface area contributed by atoms with E-state index in [0.717, 1.165) is 34.1 Å². The number of nitrogens with zero attached hydrogens (tertiary/aromatic N) is 2. The summed E-state index contributed by atoms with van der Waals surface area (Å²) in [4.78, 5) is 4.77. The van der Waals surface area contributed by atoms with Crippen molar-refractivity contribution >= 4 is 55.7 Å². The molecule has 10 rings (SSSR count). The molecule has 0 unspecified atom stereocenters. The second kappa shape index (κ2) is 13.2. The average Bonchev–Trinajstić information content (AvgIpc) is 3.47. The molecule has 9 aromatic carbocycles. The summed E-state index contributed by atoms with van der Waals surface area (Å²) in [5, 5.41) is 4.88. The maximum Gasteiger partial charge on any atom is 0.0540 e. The summed E-state index contributed by atoms with van der Waals surface area (Å²) in [6, 6.07) is 75.0. The molecule has 2 nitrogen and oxygen atoms in total. The quantitative estimate of drug-likeness (QED) is 0.163. The summed E-state index contributed by atoms with van der Waals surface area (Å²) < 4.78 is 0. The van der Waals surface area contributed by atoms with Gasteiger partial charge < -0.3 is 9.80 Å². The van der Waals surface area contributed by atoms with Crippen molar-refractivity contribution in [2.24, 2.45) is 0 Å². The fraction of sp³-hybridized carbons (Fsp3) is 0.0566. The zero-order valence-corrected chi connectivity index (χ0v) is 31.0. The van der Waals surface area contributed by atoms with Crippen LogP contribution in [0.15, 0.2) is 206 Å². The largest absolute Gasteiger partial charge is 0.310 e. The van der Waals surface area contributed by atoms with Gasteiger partial charge in [-0.2, -0.15) is 0 Å². The minimum absolute atomic E-state index is 0.0776. The van der Waals surface area contributed by atoms with Gasteiger partial charge in [-0.1, -0.05) is 153 Å². The number of rotatable bonds is 7. The van der Waals surface area contributed by atoms with Gasteiger partial charge in [0.2, 0.25) is 0 Å². The smallest absolute Gasteiger partial charge is 0.0540 e. The number of fused-ring (bicyclic) bond motifs is 5. The molecule has 0 heterocycles. The van der Waals surface area contributed by atoms with Gasteiger partial charge in [0.1, 0.15) is 0 Å². The van der Waals surface area contributed by atoms with E-state index in [2.05, 4.69) is 230 Å². The van der Waals surface area contributed by atoms with Crippen LogP contribution in [0.2, 0.25) is 0 Å². The summed E-state index contributed by atoms with van der Waals surface area (Å²) in [5.74, 6) is 0. The molecule has 0 spiro atoms. The van der Waals surface area contributed by atoms with Crippen LogP contribution in [-0.4, -0.2) is 0 Å². The van der Waals surface area contributed by atoms with Crippen molar-refractivity contribution < 1.29 is 0 Å². The maximum atomic E-state index is 2.40. The molecule has 0 amide bonds. The maximum absolute atomic E-state index is 2.40. The Bertz CT molecular complexity index is 2840. The second-order valence-corrected chi connectivity index (χ2v) is 15.0. The van der Waals surface area contributed by atoms with Crippen LogP contribution in [0.5, 0.6) is 0 Å². The topological polar surface area (TPSA) is 6.48 Å². The van der Waals surface area contributed by atoms with Gasteiger partial charge in [-0.05, 0) is 116 Å². The van der Waals surface area contributed by atoms with Gasteiger partial charge >= 0.3 is 0 Å². The summed E-state index contributed by atoms with van der Waals surface area (Å²) in [7, 11) is 0. The Kier molecular flexibility index (Phi) is 7.85. The Labute approximate surface area is 323 Å². The molecule has 0 radical (unpaired) electrons.